The van der Waals surface area contributed by atoms with Crippen molar-refractivity contribution in [1.82, 2.24) is 4.90 Å². The second kappa shape index (κ2) is 5.34. The summed E-state index contributed by atoms with van der Waals surface area (Å²) in [5.41, 5.74) is 0.816. The molecule has 2 aliphatic rings. The molecular formula is C14H19ClN2O3S. The van der Waals surface area contributed by atoms with Gasteiger partial charge in [0.05, 0.1) is 17.7 Å². The van der Waals surface area contributed by atoms with Gasteiger partial charge in [-0.05, 0) is 37.1 Å². The third-order valence-corrected chi connectivity index (χ3v) is 5.79. The molecule has 116 valence electrons. The zero-order chi connectivity index (χ0) is 15.2. The lowest BCUT2D eigenvalue weighted by Gasteiger charge is -2.23. The quantitative estimate of drug-likeness (QED) is 0.788. The molecule has 0 saturated carbocycles. The van der Waals surface area contributed by atoms with E-state index in [-0.39, 0.29) is 4.90 Å². The Morgan fingerprint density at radius 3 is 2.33 bits per heavy atom. The first-order chi connectivity index (χ1) is 9.88. The highest BCUT2D eigenvalue weighted by atomic mass is 35.7. The molecule has 7 heteroatoms. The van der Waals surface area contributed by atoms with Crippen LogP contribution in [0.3, 0.4) is 0 Å². The van der Waals surface area contributed by atoms with Gasteiger partial charge in [-0.1, -0.05) is 0 Å². The zero-order valence-electron chi connectivity index (χ0n) is 12.1. The fraction of sp³-hybridized carbons (Fsp3) is 0.571. The molecule has 0 spiro atoms. The summed E-state index contributed by atoms with van der Waals surface area (Å²) in [5, 5.41) is 0. The van der Waals surface area contributed by atoms with E-state index >= 15 is 0 Å². The van der Waals surface area contributed by atoms with Crippen LogP contribution >= 0.6 is 10.7 Å². The fourth-order valence-corrected chi connectivity index (χ4v) is 4.26. The molecule has 2 aliphatic heterocycles. The number of hydrogen-bond acceptors (Lipinski definition) is 5. The largest absolute Gasteiger partial charge is 0.495 e. The van der Waals surface area contributed by atoms with E-state index in [1.54, 1.807) is 19.2 Å². The molecule has 2 atom stereocenters. The molecule has 0 radical (unpaired) electrons. The van der Waals surface area contributed by atoms with E-state index in [1.807, 2.05) is 0 Å². The lowest BCUT2D eigenvalue weighted by molar-refractivity contribution is 0.385. The molecule has 21 heavy (non-hydrogen) atoms. The normalized spacial score (nSPS) is 26.1. The van der Waals surface area contributed by atoms with Gasteiger partial charge in [-0.25, -0.2) is 8.42 Å². The van der Waals surface area contributed by atoms with Crippen molar-refractivity contribution >= 4 is 25.4 Å². The Balaban J connectivity index is 1.91. The number of rotatable bonds is 3. The van der Waals surface area contributed by atoms with Gasteiger partial charge >= 0.3 is 0 Å². The number of methoxy groups -OCH3 is 1. The summed E-state index contributed by atoms with van der Waals surface area (Å²) >= 11 is 0. The first-order valence-corrected chi connectivity index (χ1v) is 9.25. The number of likely N-dealkylation sites (tertiary alicyclic amines) is 1. The molecule has 2 heterocycles. The van der Waals surface area contributed by atoms with E-state index in [0.29, 0.717) is 17.6 Å². The molecule has 0 amide bonds. The van der Waals surface area contributed by atoms with Crippen LogP contribution in [0.4, 0.5) is 5.69 Å². The van der Waals surface area contributed by atoms with Crippen LogP contribution in [0.5, 0.6) is 5.75 Å². The highest BCUT2D eigenvalue weighted by Gasteiger charge is 2.39. The highest BCUT2D eigenvalue weighted by molar-refractivity contribution is 8.13. The summed E-state index contributed by atoms with van der Waals surface area (Å²) in [7, 11) is 5.47. The number of ether oxygens (including phenoxy) is 1. The molecule has 5 nitrogen and oxygen atoms in total. The lowest BCUT2D eigenvalue weighted by Crippen LogP contribution is -2.27. The highest BCUT2D eigenvalue weighted by Crippen LogP contribution is 2.38. The maximum absolute atomic E-state index is 11.5. The summed E-state index contributed by atoms with van der Waals surface area (Å²) in [6.07, 6.45) is 0. The van der Waals surface area contributed by atoms with Gasteiger partial charge in [-0.3, -0.25) is 0 Å². The number of nitrogens with zero attached hydrogens (tertiary/aromatic N) is 2. The van der Waals surface area contributed by atoms with E-state index in [4.69, 9.17) is 15.4 Å². The monoisotopic (exact) mass is 330 g/mol. The predicted molar refractivity (Wildman–Crippen MR) is 82.7 cm³/mol. The fourth-order valence-electron chi connectivity index (χ4n) is 3.49. The van der Waals surface area contributed by atoms with Gasteiger partial charge in [0.15, 0.2) is 0 Å². The Morgan fingerprint density at radius 1 is 1.19 bits per heavy atom. The predicted octanol–water partition coefficient (Wildman–Crippen LogP) is 1.62. The van der Waals surface area contributed by atoms with E-state index in [0.717, 1.165) is 31.9 Å². The van der Waals surface area contributed by atoms with Gasteiger partial charge in [-0.15, -0.1) is 0 Å². The molecule has 0 N–H and O–H groups in total. The van der Waals surface area contributed by atoms with Crippen molar-refractivity contribution in [3.8, 4) is 5.75 Å². The summed E-state index contributed by atoms with van der Waals surface area (Å²) in [5.74, 6) is 1.96. The van der Waals surface area contributed by atoms with Crippen LogP contribution in [0.2, 0.25) is 0 Å². The Bertz CT molecular complexity index is 636. The molecule has 2 fully saturated rings. The van der Waals surface area contributed by atoms with Crippen LogP contribution in [0.15, 0.2) is 23.1 Å². The lowest BCUT2D eigenvalue weighted by atomic mass is 10.0. The SMILES string of the molecule is COc1ccc(S(=O)(=O)Cl)cc1N1C[C@H]2CN(C)C[C@H]2C1. The standard InChI is InChI=1S/C14H19ClN2O3S/c1-16-6-10-8-17(9-11(10)7-16)13-5-12(21(15,18)19)3-4-14(13)20-2/h3-5,10-11H,6-9H2,1-2H3/t10-,11+. The van der Waals surface area contributed by atoms with Crippen molar-refractivity contribution in [2.75, 3.05) is 45.2 Å². The molecule has 1 aromatic rings. The average Bonchev–Trinajstić information content (AvgIpc) is 2.93. The molecule has 0 unspecified atom stereocenters. The smallest absolute Gasteiger partial charge is 0.261 e. The molecule has 3 rings (SSSR count). The Hall–Kier alpha value is -0.980. The van der Waals surface area contributed by atoms with Crippen LogP contribution in [-0.4, -0.2) is 53.7 Å². The average molecular weight is 331 g/mol. The van der Waals surface area contributed by atoms with Gasteiger partial charge in [0.25, 0.3) is 9.05 Å². The van der Waals surface area contributed by atoms with Gasteiger partial charge < -0.3 is 14.5 Å². The van der Waals surface area contributed by atoms with Crippen LogP contribution in [0.25, 0.3) is 0 Å². The number of fused-ring (bicyclic) bond motifs is 1. The maximum Gasteiger partial charge on any atom is 0.261 e. The van der Waals surface area contributed by atoms with Gasteiger partial charge in [-0.2, -0.15) is 0 Å². The second-order valence-electron chi connectivity index (χ2n) is 5.92. The molecular weight excluding hydrogens is 312 g/mol. The van der Waals surface area contributed by atoms with Crippen LogP contribution in [0, 0.1) is 11.8 Å². The minimum atomic E-state index is -3.73. The third-order valence-electron chi connectivity index (χ3n) is 4.44. The molecule has 1 aromatic carbocycles. The van der Waals surface area contributed by atoms with Crippen LogP contribution < -0.4 is 9.64 Å². The first-order valence-electron chi connectivity index (χ1n) is 6.94. The number of anilines is 1. The van der Waals surface area contributed by atoms with Gasteiger partial charge in [0.2, 0.25) is 0 Å². The summed E-state index contributed by atoms with van der Waals surface area (Å²) in [6, 6.07) is 4.77. The minimum Gasteiger partial charge on any atom is -0.495 e. The molecule has 2 saturated heterocycles. The zero-order valence-corrected chi connectivity index (χ0v) is 13.7. The Morgan fingerprint density at radius 2 is 1.81 bits per heavy atom. The maximum atomic E-state index is 11.5. The number of benzene rings is 1. The summed E-state index contributed by atoms with van der Waals surface area (Å²) in [6.45, 7) is 4.04. The van der Waals surface area contributed by atoms with Crippen molar-refractivity contribution in [3.05, 3.63) is 18.2 Å². The summed E-state index contributed by atoms with van der Waals surface area (Å²) < 4.78 is 28.5. The third kappa shape index (κ3) is 2.84. The van der Waals surface area contributed by atoms with E-state index in [2.05, 4.69) is 16.8 Å². The van der Waals surface area contributed by atoms with E-state index in [1.165, 1.54) is 6.07 Å². The van der Waals surface area contributed by atoms with Crippen molar-refractivity contribution in [2.45, 2.75) is 4.90 Å². The van der Waals surface area contributed by atoms with Crippen molar-refractivity contribution in [3.63, 3.8) is 0 Å². The second-order valence-corrected chi connectivity index (χ2v) is 8.48. The Kier molecular flexibility index (Phi) is 3.80. The topological polar surface area (TPSA) is 49.9 Å². The number of hydrogen-bond donors (Lipinski definition) is 0. The summed E-state index contributed by atoms with van der Waals surface area (Å²) in [4.78, 5) is 4.69. The minimum absolute atomic E-state index is 0.120. The molecule has 0 bridgehead atoms. The van der Waals surface area contributed by atoms with Crippen LogP contribution in [0.1, 0.15) is 0 Å². The van der Waals surface area contributed by atoms with Crippen molar-refractivity contribution in [1.29, 1.82) is 0 Å². The van der Waals surface area contributed by atoms with Crippen molar-refractivity contribution < 1.29 is 13.2 Å². The van der Waals surface area contributed by atoms with Crippen molar-refractivity contribution in [2.24, 2.45) is 11.8 Å². The van der Waals surface area contributed by atoms with Gasteiger partial charge in [0.1, 0.15) is 5.75 Å². The molecule has 0 aliphatic carbocycles. The van der Waals surface area contributed by atoms with Crippen LogP contribution in [-0.2, 0) is 9.05 Å². The molecule has 0 aromatic heterocycles. The van der Waals surface area contributed by atoms with E-state index in [9.17, 15) is 8.42 Å². The Labute approximate surface area is 129 Å². The van der Waals surface area contributed by atoms with Gasteiger partial charge in [0, 0.05) is 36.9 Å². The number of halogens is 1. The first kappa shape index (κ1) is 14.9. The van der Waals surface area contributed by atoms with E-state index < -0.39 is 9.05 Å².